The second-order valence-electron chi connectivity index (χ2n) is 29.3. The quantitative estimate of drug-likeness (QED) is 0.0169. The summed E-state index contributed by atoms with van der Waals surface area (Å²) in [6.07, 6.45) is 60.5. The van der Waals surface area contributed by atoms with Gasteiger partial charge in [0.05, 0.1) is 26.4 Å². The van der Waals surface area contributed by atoms with Crippen LogP contribution in [0.3, 0.4) is 0 Å². The van der Waals surface area contributed by atoms with E-state index in [1.165, 1.54) is 180 Å². The number of carbonyl (C=O) groups is 4. The first-order chi connectivity index (χ1) is 47.8. The molecule has 3 N–H and O–H groups in total. The van der Waals surface area contributed by atoms with E-state index in [0.717, 1.165) is 127 Å². The van der Waals surface area contributed by atoms with E-state index in [4.69, 9.17) is 37.0 Å². The molecule has 6 atom stereocenters. The first kappa shape index (κ1) is 96.5. The van der Waals surface area contributed by atoms with E-state index in [-0.39, 0.29) is 25.7 Å². The fourth-order valence-corrected chi connectivity index (χ4v) is 13.3. The van der Waals surface area contributed by atoms with E-state index in [1.807, 2.05) is 0 Å². The zero-order valence-electron chi connectivity index (χ0n) is 64.4. The highest BCUT2D eigenvalue weighted by Gasteiger charge is 2.30. The maximum atomic E-state index is 13.1. The Hall–Kier alpha value is -2.46. The highest BCUT2D eigenvalue weighted by molar-refractivity contribution is 7.47. The van der Waals surface area contributed by atoms with E-state index in [9.17, 15) is 43.2 Å². The maximum absolute atomic E-state index is 13.1. The van der Waals surface area contributed by atoms with Gasteiger partial charge in [-0.15, -0.1) is 0 Å². The molecule has 0 amide bonds. The van der Waals surface area contributed by atoms with E-state index in [0.29, 0.717) is 25.7 Å². The number of carbonyl (C=O) groups excluding carboxylic acids is 4. The standard InChI is InChI=1S/C80H152O17P2/c1-8-10-11-12-13-14-15-16-19-24-30-35-40-49-56-63-80(85)97-76(68-91-78(83)62-55-48-43-42-46-53-60-73(7)9-2)70-95-99(88,89)93-66-74(81)65-92-98(86,87)94-69-75(96-79(84)64-57-50-41-36-31-26-25-28-33-38-45-52-59-72(5)6)67-90-77(82)61-54-47-39-34-29-23-21-18-17-20-22-27-32-37-44-51-58-71(3)4/h14-16,19,71-76,81H,8-13,17-18,20-70H2,1-7H3,(H,86,87)(H,88,89)/b15-14-,19-16-/t73?,74-,75-,76-/m1/s1. The first-order valence-electron chi connectivity index (χ1n) is 40.7. The third kappa shape index (κ3) is 72.3. The summed E-state index contributed by atoms with van der Waals surface area (Å²) in [6.45, 7) is 11.9. The molecule has 0 radical (unpaired) electrons. The van der Waals surface area contributed by atoms with Crippen LogP contribution in [0.4, 0.5) is 0 Å². The largest absolute Gasteiger partial charge is 0.472 e. The number of aliphatic hydroxyl groups excluding tert-OH is 1. The highest BCUT2D eigenvalue weighted by atomic mass is 31.2. The van der Waals surface area contributed by atoms with Gasteiger partial charge in [-0.3, -0.25) is 37.3 Å². The molecular weight excluding hydrogens is 1290 g/mol. The van der Waals surface area contributed by atoms with Crippen LogP contribution in [0, 0.1) is 17.8 Å². The Morgan fingerprint density at radius 1 is 0.333 bits per heavy atom. The first-order valence-corrected chi connectivity index (χ1v) is 43.7. The number of aliphatic hydroxyl groups is 1. The Labute approximate surface area is 605 Å². The number of esters is 4. The Balaban J connectivity index is 5.27. The predicted octanol–water partition coefficient (Wildman–Crippen LogP) is 23.3. The van der Waals surface area contributed by atoms with Gasteiger partial charge in [-0.05, 0) is 69.1 Å². The van der Waals surface area contributed by atoms with Gasteiger partial charge in [0, 0.05) is 25.7 Å². The Morgan fingerprint density at radius 2 is 0.596 bits per heavy atom. The number of ether oxygens (including phenoxy) is 4. The van der Waals surface area contributed by atoms with Crippen LogP contribution in [0.25, 0.3) is 0 Å². The minimum absolute atomic E-state index is 0.0840. The van der Waals surface area contributed by atoms with Crippen molar-refractivity contribution in [1.29, 1.82) is 0 Å². The highest BCUT2D eigenvalue weighted by Crippen LogP contribution is 2.45. The molecule has 99 heavy (non-hydrogen) atoms. The van der Waals surface area contributed by atoms with Crippen molar-refractivity contribution in [3.05, 3.63) is 24.3 Å². The van der Waals surface area contributed by atoms with E-state index >= 15 is 0 Å². The van der Waals surface area contributed by atoms with Crippen molar-refractivity contribution < 1.29 is 80.2 Å². The van der Waals surface area contributed by atoms with Crippen LogP contribution in [-0.2, 0) is 65.4 Å². The lowest BCUT2D eigenvalue weighted by Crippen LogP contribution is -2.30. The van der Waals surface area contributed by atoms with Gasteiger partial charge >= 0.3 is 39.5 Å². The Morgan fingerprint density at radius 3 is 0.899 bits per heavy atom. The van der Waals surface area contributed by atoms with Gasteiger partial charge in [0.15, 0.2) is 12.2 Å². The molecule has 0 bridgehead atoms. The molecule has 17 nitrogen and oxygen atoms in total. The van der Waals surface area contributed by atoms with Crippen molar-refractivity contribution >= 4 is 39.5 Å². The molecule has 0 aliphatic heterocycles. The van der Waals surface area contributed by atoms with E-state index in [1.54, 1.807) is 0 Å². The molecule has 0 rings (SSSR count). The molecule has 19 heteroatoms. The second-order valence-corrected chi connectivity index (χ2v) is 32.2. The van der Waals surface area contributed by atoms with E-state index < -0.39 is 97.5 Å². The van der Waals surface area contributed by atoms with Crippen LogP contribution >= 0.6 is 15.6 Å². The average molecular weight is 1450 g/mol. The number of phosphoric acid groups is 2. The maximum Gasteiger partial charge on any atom is 0.472 e. The van der Waals surface area contributed by atoms with Crippen LogP contribution in [0.2, 0.25) is 0 Å². The van der Waals surface area contributed by atoms with Gasteiger partial charge in [0.1, 0.15) is 19.3 Å². The van der Waals surface area contributed by atoms with E-state index in [2.05, 4.69) is 72.8 Å². The number of hydrogen-bond acceptors (Lipinski definition) is 15. The predicted molar refractivity (Wildman–Crippen MR) is 404 cm³/mol. The van der Waals surface area contributed by atoms with Gasteiger partial charge in [0.2, 0.25) is 0 Å². The summed E-state index contributed by atoms with van der Waals surface area (Å²) in [4.78, 5) is 72.9. The van der Waals surface area contributed by atoms with Crippen LogP contribution in [0.15, 0.2) is 24.3 Å². The van der Waals surface area contributed by atoms with Crippen molar-refractivity contribution in [3.63, 3.8) is 0 Å². The second kappa shape index (κ2) is 69.9. The third-order valence-electron chi connectivity index (χ3n) is 18.4. The van der Waals surface area contributed by atoms with Crippen LogP contribution in [0.5, 0.6) is 0 Å². The van der Waals surface area contributed by atoms with Crippen molar-refractivity contribution in [2.24, 2.45) is 17.8 Å². The van der Waals surface area contributed by atoms with Gasteiger partial charge in [-0.25, -0.2) is 9.13 Å². The van der Waals surface area contributed by atoms with Crippen LogP contribution in [0.1, 0.15) is 389 Å². The summed E-state index contributed by atoms with van der Waals surface area (Å²) in [6, 6.07) is 0. The number of hydrogen-bond donors (Lipinski definition) is 3. The van der Waals surface area contributed by atoms with Crippen molar-refractivity contribution in [2.45, 2.75) is 407 Å². The zero-order valence-corrected chi connectivity index (χ0v) is 66.2. The number of allylic oxidation sites excluding steroid dienone is 4. The summed E-state index contributed by atoms with van der Waals surface area (Å²) in [5.74, 6) is 0.170. The molecule has 0 spiro atoms. The normalized spacial score (nSPS) is 14.4. The molecule has 0 fully saturated rings. The minimum Gasteiger partial charge on any atom is -0.462 e. The molecule has 584 valence electrons. The van der Waals surface area contributed by atoms with Gasteiger partial charge in [0.25, 0.3) is 0 Å². The van der Waals surface area contributed by atoms with Crippen molar-refractivity contribution in [3.8, 4) is 0 Å². The fraction of sp³-hybridized carbons (Fsp3) is 0.900. The summed E-state index contributed by atoms with van der Waals surface area (Å²) in [5, 5.41) is 10.6. The fourth-order valence-electron chi connectivity index (χ4n) is 11.7. The van der Waals surface area contributed by atoms with Gasteiger partial charge in [-0.2, -0.15) is 0 Å². The Bertz CT molecular complexity index is 2020. The monoisotopic (exact) mass is 1450 g/mol. The molecule has 0 aromatic rings. The van der Waals surface area contributed by atoms with Crippen LogP contribution in [-0.4, -0.2) is 96.7 Å². The summed E-state index contributed by atoms with van der Waals surface area (Å²) in [5.41, 5.74) is 0. The third-order valence-corrected chi connectivity index (χ3v) is 20.3. The lowest BCUT2D eigenvalue weighted by Gasteiger charge is -2.21. The molecule has 0 aromatic heterocycles. The molecular formula is C80H152O17P2. The average Bonchev–Trinajstić information content (AvgIpc) is 1.10. The van der Waals surface area contributed by atoms with Gasteiger partial charge in [-0.1, -0.05) is 336 Å². The molecule has 3 unspecified atom stereocenters. The summed E-state index contributed by atoms with van der Waals surface area (Å²) in [7, 11) is -9.93. The SMILES string of the molecule is CCCCCC/C=C\C=C/CCCCCCCC(=O)O[C@H](COC(=O)CCCCCCCCC(C)CC)COP(=O)(O)OC[C@H](O)COP(=O)(O)OC[C@@H](COC(=O)CCCCCCCCCCCCCCCCCCC(C)C)OC(=O)CCCCCCCCCCCCCCC(C)C. The minimum atomic E-state index is -4.97. The molecule has 0 aliphatic carbocycles. The summed E-state index contributed by atoms with van der Waals surface area (Å²) >= 11 is 0. The lowest BCUT2D eigenvalue weighted by molar-refractivity contribution is -0.161. The molecule has 0 aromatic carbocycles. The topological polar surface area (TPSA) is 237 Å². The van der Waals surface area contributed by atoms with Gasteiger partial charge < -0.3 is 33.8 Å². The van der Waals surface area contributed by atoms with Crippen molar-refractivity contribution in [2.75, 3.05) is 39.6 Å². The van der Waals surface area contributed by atoms with Crippen LogP contribution < -0.4 is 0 Å². The smallest absolute Gasteiger partial charge is 0.462 e. The zero-order chi connectivity index (χ0) is 73.0. The molecule has 0 saturated heterocycles. The number of rotatable bonds is 76. The van der Waals surface area contributed by atoms with Crippen molar-refractivity contribution in [1.82, 2.24) is 0 Å². The molecule has 0 saturated carbocycles. The molecule has 0 heterocycles. The number of phosphoric ester groups is 2. The lowest BCUT2D eigenvalue weighted by atomic mass is 10.00. The molecule has 0 aliphatic rings. The Kier molecular flexibility index (Phi) is 68.1. The summed E-state index contributed by atoms with van der Waals surface area (Å²) < 4.78 is 68.6. The number of unbranched alkanes of at least 4 members (excludes halogenated alkanes) is 40.